The highest BCUT2D eigenvalue weighted by atomic mass is 35.5. The van der Waals surface area contributed by atoms with Gasteiger partial charge in [0.1, 0.15) is 5.75 Å². The molecule has 0 bridgehead atoms. The maximum atomic E-state index is 10.9. The highest BCUT2D eigenvalue weighted by Gasteiger charge is 2.29. The predicted octanol–water partition coefficient (Wildman–Crippen LogP) is 2.99. The van der Waals surface area contributed by atoms with Crippen molar-refractivity contribution in [2.45, 2.75) is 25.4 Å². The Balaban J connectivity index is 1.71. The summed E-state index contributed by atoms with van der Waals surface area (Å²) in [5, 5.41) is 4.20. The van der Waals surface area contributed by atoms with Gasteiger partial charge >= 0.3 is 0 Å². The molecule has 0 spiro atoms. The number of aldehydes is 1. The minimum absolute atomic E-state index is 0.150. The number of nitrogens with zero attached hydrogens (tertiary/aromatic N) is 2. The molecule has 2 aromatic rings. The Morgan fingerprint density at radius 3 is 3.05 bits per heavy atom. The zero-order valence-electron chi connectivity index (χ0n) is 10.0. The van der Waals surface area contributed by atoms with Gasteiger partial charge < -0.3 is 9.26 Å². The fourth-order valence-corrected chi connectivity index (χ4v) is 1.93. The van der Waals surface area contributed by atoms with Crippen molar-refractivity contribution in [2.24, 2.45) is 0 Å². The topological polar surface area (TPSA) is 65.2 Å². The van der Waals surface area contributed by atoms with Crippen molar-refractivity contribution in [1.29, 1.82) is 0 Å². The van der Waals surface area contributed by atoms with Gasteiger partial charge in [-0.05, 0) is 25.0 Å². The Hall–Kier alpha value is -1.88. The number of ether oxygens (including phenoxy) is 1. The summed E-state index contributed by atoms with van der Waals surface area (Å²) in [5.74, 6) is 1.97. The lowest BCUT2D eigenvalue weighted by molar-refractivity contribution is 0.111. The summed E-state index contributed by atoms with van der Waals surface area (Å²) >= 11 is 5.90. The molecule has 0 amide bonds. The summed E-state index contributed by atoms with van der Waals surface area (Å²) in [4.78, 5) is 15.2. The van der Waals surface area contributed by atoms with Crippen LogP contribution in [0.3, 0.4) is 0 Å². The third-order valence-corrected chi connectivity index (χ3v) is 3.23. The summed E-state index contributed by atoms with van der Waals surface area (Å²) < 4.78 is 10.6. The van der Waals surface area contributed by atoms with Crippen LogP contribution in [0.1, 0.15) is 40.8 Å². The van der Waals surface area contributed by atoms with Crippen LogP contribution in [-0.2, 0) is 6.61 Å². The average molecular weight is 279 g/mol. The summed E-state index contributed by atoms with van der Waals surface area (Å²) in [6.07, 6.45) is 2.88. The maximum absolute atomic E-state index is 10.9. The lowest BCUT2D eigenvalue weighted by atomic mass is 10.2. The number of aromatic nitrogens is 2. The van der Waals surface area contributed by atoms with E-state index in [4.69, 9.17) is 20.9 Å². The van der Waals surface area contributed by atoms with Crippen LogP contribution in [0.15, 0.2) is 22.7 Å². The fourth-order valence-electron chi connectivity index (χ4n) is 1.72. The van der Waals surface area contributed by atoms with E-state index in [2.05, 4.69) is 10.1 Å². The van der Waals surface area contributed by atoms with Crippen LogP contribution in [0.25, 0.3) is 0 Å². The van der Waals surface area contributed by atoms with E-state index in [0.29, 0.717) is 40.3 Å². The van der Waals surface area contributed by atoms with Crippen molar-refractivity contribution < 1.29 is 14.1 Å². The van der Waals surface area contributed by atoms with Crippen molar-refractivity contribution >= 4 is 17.9 Å². The predicted molar refractivity (Wildman–Crippen MR) is 67.4 cm³/mol. The van der Waals surface area contributed by atoms with Crippen molar-refractivity contribution in [3.8, 4) is 5.75 Å². The van der Waals surface area contributed by atoms with Gasteiger partial charge in [-0.15, -0.1) is 0 Å². The Kier molecular flexibility index (Phi) is 3.21. The first-order valence-corrected chi connectivity index (χ1v) is 6.34. The van der Waals surface area contributed by atoms with Crippen LogP contribution in [0.4, 0.5) is 0 Å². The smallest absolute Gasteiger partial charge is 0.229 e. The van der Waals surface area contributed by atoms with Gasteiger partial charge in [0.2, 0.25) is 11.7 Å². The van der Waals surface area contributed by atoms with Gasteiger partial charge in [0, 0.05) is 5.92 Å². The largest absolute Gasteiger partial charge is 0.485 e. The molecule has 1 aromatic heterocycles. The van der Waals surface area contributed by atoms with Crippen LogP contribution < -0.4 is 4.74 Å². The number of halogens is 1. The molecule has 1 aliphatic rings. The van der Waals surface area contributed by atoms with Crippen molar-refractivity contribution in [1.82, 2.24) is 10.1 Å². The second-order valence-electron chi connectivity index (χ2n) is 4.38. The lowest BCUT2D eigenvalue weighted by Gasteiger charge is -2.06. The third kappa shape index (κ3) is 2.61. The number of hydrogen-bond acceptors (Lipinski definition) is 5. The van der Waals surface area contributed by atoms with E-state index in [0.717, 1.165) is 12.8 Å². The number of rotatable bonds is 5. The molecule has 98 valence electrons. The van der Waals surface area contributed by atoms with E-state index in [1.807, 2.05) is 0 Å². The first-order valence-electron chi connectivity index (χ1n) is 5.97. The standard InChI is InChI=1S/C13H11ClN2O3/c14-10-2-1-3-11(9(10)6-17)18-7-12-15-13(19-16-12)8-4-5-8/h1-3,6,8H,4-5,7H2. The molecule has 0 radical (unpaired) electrons. The lowest BCUT2D eigenvalue weighted by Crippen LogP contribution is -2.00. The molecule has 0 saturated heterocycles. The molecule has 19 heavy (non-hydrogen) atoms. The normalized spacial score (nSPS) is 14.4. The molecule has 1 heterocycles. The monoisotopic (exact) mass is 278 g/mol. The first kappa shape index (κ1) is 12.2. The van der Waals surface area contributed by atoms with Gasteiger partial charge in [0.25, 0.3) is 0 Å². The molecule has 5 nitrogen and oxygen atoms in total. The van der Waals surface area contributed by atoms with Gasteiger partial charge in [0.15, 0.2) is 12.9 Å². The minimum atomic E-state index is 0.150. The van der Waals surface area contributed by atoms with Crippen LogP contribution in [-0.4, -0.2) is 16.4 Å². The van der Waals surface area contributed by atoms with Crippen LogP contribution in [0.5, 0.6) is 5.75 Å². The zero-order valence-corrected chi connectivity index (χ0v) is 10.8. The second kappa shape index (κ2) is 5.01. The van der Waals surface area contributed by atoms with E-state index in [9.17, 15) is 4.79 Å². The Bertz CT molecular complexity index is 608. The van der Waals surface area contributed by atoms with E-state index in [1.165, 1.54) is 0 Å². The molecule has 0 atom stereocenters. The quantitative estimate of drug-likeness (QED) is 0.787. The van der Waals surface area contributed by atoms with Crippen LogP contribution in [0.2, 0.25) is 5.02 Å². The van der Waals surface area contributed by atoms with Crippen molar-refractivity contribution in [3.63, 3.8) is 0 Å². The number of carbonyl (C=O) groups is 1. The SMILES string of the molecule is O=Cc1c(Cl)cccc1OCc1noc(C2CC2)n1. The highest BCUT2D eigenvalue weighted by molar-refractivity contribution is 6.33. The molecule has 1 saturated carbocycles. The first-order chi connectivity index (χ1) is 9.28. The van der Waals surface area contributed by atoms with Gasteiger partial charge in [-0.2, -0.15) is 4.98 Å². The molecule has 6 heteroatoms. The molecule has 0 aliphatic heterocycles. The Morgan fingerprint density at radius 2 is 2.32 bits per heavy atom. The molecule has 3 rings (SSSR count). The molecule has 0 unspecified atom stereocenters. The summed E-state index contributed by atoms with van der Waals surface area (Å²) in [6, 6.07) is 5.03. The molecular weight excluding hydrogens is 268 g/mol. The third-order valence-electron chi connectivity index (χ3n) is 2.90. The number of benzene rings is 1. The molecular formula is C13H11ClN2O3. The average Bonchev–Trinajstić information content (AvgIpc) is 3.16. The fraction of sp³-hybridized carbons (Fsp3) is 0.308. The molecule has 0 N–H and O–H groups in total. The minimum Gasteiger partial charge on any atom is -0.485 e. The summed E-state index contributed by atoms with van der Waals surface area (Å²) in [6.45, 7) is 0.150. The zero-order chi connectivity index (χ0) is 13.2. The summed E-state index contributed by atoms with van der Waals surface area (Å²) in [5.41, 5.74) is 0.329. The number of carbonyl (C=O) groups excluding carboxylic acids is 1. The van der Waals surface area contributed by atoms with E-state index >= 15 is 0 Å². The maximum Gasteiger partial charge on any atom is 0.229 e. The van der Waals surface area contributed by atoms with E-state index in [1.54, 1.807) is 18.2 Å². The van der Waals surface area contributed by atoms with Gasteiger partial charge in [0.05, 0.1) is 10.6 Å². The van der Waals surface area contributed by atoms with Gasteiger partial charge in [-0.1, -0.05) is 22.8 Å². The highest BCUT2D eigenvalue weighted by Crippen LogP contribution is 2.38. The van der Waals surface area contributed by atoms with E-state index in [-0.39, 0.29) is 6.61 Å². The van der Waals surface area contributed by atoms with Crippen LogP contribution >= 0.6 is 11.6 Å². The Morgan fingerprint density at radius 1 is 1.47 bits per heavy atom. The van der Waals surface area contributed by atoms with Crippen molar-refractivity contribution in [2.75, 3.05) is 0 Å². The number of hydrogen-bond donors (Lipinski definition) is 0. The van der Waals surface area contributed by atoms with Crippen molar-refractivity contribution in [3.05, 3.63) is 40.5 Å². The summed E-state index contributed by atoms with van der Waals surface area (Å²) in [7, 11) is 0. The van der Waals surface area contributed by atoms with Gasteiger partial charge in [-0.3, -0.25) is 4.79 Å². The second-order valence-corrected chi connectivity index (χ2v) is 4.79. The van der Waals surface area contributed by atoms with Gasteiger partial charge in [-0.25, -0.2) is 0 Å². The molecule has 1 fully saturated rings. The Labute approximate surface area is 114 Å². The van der Waals surface area contributed by atoms with E-state index < -0.39 is 0 Å². The molecule has 1 aliphatic carbocycles. The molecule has 1 aromatic carbocycles. The van der Waals surface area contributed by atoms with Crippen LogP contribution in [0, 0.1) is 0 Å².